The molecule has 0 spiro atoms. The molecule has 168 valence electrons. The summed E-state index contributed by atoms with van der Waals surface area (Å²) in [5.41, 5.74) is -1.13. The highest BCUT2D eigenvalue weighted by Gasteiger charge is 2.43. The number of nitrogens with zero attached hydrogens (tertiary/aromatic N) is 1. The van der Waals surface area contributed by atoms with Gasteiger partial charge in [-0.1, -0.05) is 13.0 Å². The molecule has 1 saturated heterocycles. The van der Waals surface area contributed by atoms with E-state index in [0.29, 0.717) is 5.76 Å². The van der Waals surface area contributed by atoms with Crippen LogP contribution in [-0.2, 0) is 0 Å². The number of furan rings is 1. The van der Waals surface area contributed by atoms with Crippen LogP contribution in [0.5, 0.6) is 5.75 Å². The number of phenols is 1. The van der Waals surface area contributed by atoms with Crippen molar-refractivity contribution in [3.63, 3.8) is 0 Å². The number of benzene rings is 1. The van der Waals surface area contributed by atoms with Crippen molar-refractivity contribution in [1.29, 1.82) is 0 Å². The highest BCUT2D eigenvalue weighted by atomic mass is 16.3. The number of aromatic hydroxyl groups is 1. The Morgan fingerprint density at radius 3 is 2.41 bits per heavy atom. The van der Waals surface area contributed by atoms with Gasteiger partial charge in [-0.2, -0.15) is 0 Å². The van der Waals surface area contributed by atoms with Gasteiger partial charge in [-0.15, -0.1) is 0 Å². The lowest BCUT2D eigenvalue weighted by Crippen LogP contribution is -2.57. The summed E-state index contributed by atoms with van der Waals surface area (Å²) in [7, 11) is 3.15. The van der Waals surface area contributed by atoms with E-state index in [-0.39, 0.29) is 45.7 Å². The molecule has 2 aromatic carbocycles. The number of aryl methyl sites for hydroxylation is 1. The Hall–Kier alpha value is -3.59. The van der Waals surface area contributed by atoms with Gasteiger partial charge in [-0.3, -0.25) is 14.4 Å². The smallest absolute Gasteiger partial charge is 0.257 e. The van der Waals surface area contributed by atoms with E-state index in [0.717, 1.165) is 18.8 Å². The Labute approximate surface area is 184 Å². The van der Waals surface area contributed by atoms with E-state index < -0.39 is 10.9 Å². The summed E-state index contributed by atoms with van der Waals surface area (Å²) in [5, 5.41) is 19.9. The van der Waals surface area contributed by atoms with Crippen LogP contribution in [0.25, 0.3) is 0 Å². The number of carbonyl (C=O) groups is 1. The minimum Gasteiger partial charge on any atom is -0.505 e. The molecule has 1 aromatic heterocycles. The average Bonchev–Trinajstić information content (AvgIpc) is 3.17. The summed E-state index contributed by atoms with van der Waals surface area (Å²) in [5.74, 6) is 0.747. The van der Waals surface area contributed by atoms with Crippen molar-refractivity contribution in [1.82, 2.24) is 10.2 Å². The number of hydrogen-bond donors (Lipinski definition) is 4. The van der Waals surface area contributed by atoms with Gasteiger partial charge in [0.2, 0.25) is 0 Å². The van der Waals surface area contributed by atoms with Crippen molar-refractivity contribution in [3.8, 4) is 5.75 Å². The zero-order valence-corrected chi connectivity index (χ0v) is 18.4. The van der Waals surface area contributed by atoms with Gasteiger partial charge in [0.05, 0.1) is 17.3 Å². The first-order valence-corrected chi connectivity index (χ1v) is 10.3. The number of hydrogen-bond acceptors (Lipinski definition) is 8. The topological polar surface area (TPSA) is 124 Å². The molecule has 0 aliphatic carbocycles. The van der Waals surface area contributed by atoms with E-state index in [1.807, 2.05) is 19.1 Å². The zero-order valence-electron chi connectivity index (χ0n) is 18.4. The van der Waals surface area contributed by atoms with E-state index in [4.69, 9.17) is 4.42 Å². The van der Waals surface area contributed by atoms with E-state index in [1.54, 1.807) is 20.2 Å². The van der Waals surface area contributed by atoms with Crippen LogP contribution < -0.4 is 26.8 Å². The van der Waals surface area contributed by atoms with Crippen molar-refractivity contribution in [2.24, 2.45) is 5.41 Å². The summed E-state index contributed by atoms with van der Waals surface area (Å²) in [4.78, 5) is 38.4. The second-order valence-corrected chi connectivity index (χ2v) is 8.72. The van der Waals surface area contributed by atoms with Gasteiger partial charge in [0.25, 0.3) is 16.8 Å². The number of anilines is 3. The highest BCUT2D eigenvalue weighted by molar-refractivity contribution is 5.99. The third kappa shape index (κ3) is 3.54. The Morgan fingerprint density at radius 1 is 1.16 bits per heavy atom. The van der Waals surface area contributed by atoms with Crippen LogP contribution in [0, 0.1) is 12.3 Å². The predicted molar refractivity (Wildman–Crippen MR) is 122 cm³/mol. The van der Waals surface area contributed by atoms with Crippen LogP contribution in [0.1, 0.15) is 34.8 Å². The summed E-state index contributed by atoms with van der Waals surface area (Å²) in [6.45, 7) is 5.35. The van der Waals surface area contributed by atoms with Crippen molar-refractivity contribution >= 4 is 23.0 Å². The maximum Gasteiger partial charge on any atom is 0.257 e. The van der Waals surface area contributed by atoms with Crippen LogP contribution in [0.2, 0.25) is 0 Å². The van der Waals surface area contributed by atoms with Gasteiger partial charge in [0.15, 0.2) is 5.75 Å². The molecule has 0 radical (unpaired) electrons. The Kier molecular flexibility index (Phi) is 5.29. The average molecular weight is 438 g/mol. The van der Waals surface area contributed by atoms with Crippen molar-refractivity contribution < 1.29 is 14.3 Å². The first-order chi connectivity index (χ1) is 15.1. The lowest BCUT2D eigenvalue weighted by molar-refractivity contribution is 0.0824. The molecule has 2 heterocycles. The summed E-state index contributed by atoms with van der Waals surface area (Å²) >= 11 is 0. The number of rotatable bonds is 7. The van der Waals surface area contributed by atoms with E-state index in [1.165, 1.54) is 17.0 Å². The van der Waals surface area contributed by atoms with Crippen LogP contribution >= 0.6 is 0 Å². The van der Waals surface area contributed by atoms with Gasteiger partial charge in [0.1, 0.15) is 22.9 Å². The first-order valence-electron chi connectivity index (χ1n) is 10.3. The zero-order chi connectivity index (χ0) is 23.2. The monoisotopic (exact) mass is 438 g/mol. The third-order valence-corrected chi connectivity index (χ3v) is 5.93. The largest absolute Gasteiger partial charge is 0.505 e. The fourth-order valence-corrected chi connectivity index (χ4v) is 3.91. The number of nitrogens with one attached hydrogen (secondary N) is 3. The molecule has 9 nitrogen and oxygen atoms in total. The maximum atomic E-state index is 12.4. The minimum absolute atomic E-state index is 0.0453. The van der Waals surface area contributed by atoms with Crippen LogP contribution in [0.15, 0.2) is 44.3 Å². The molecule has 4 rings (SSSR count). The van der Waals surface area contributed by atoms with Gasteiger partial charge in [-0.05, 0) is 31.2 Å². The van der Waals surface area contributed by atoms with Crippen molar-refractivity contribution in [3.05, 3.63) is 67.9 Å². The van der Waals surface area contributed by atoms with E-state index in [2.05, 4.69) is 22.9 Å². The molecule has 1 amide bonds. The lowest BCUT2D eigenvalue weighted by atomic mass is 9.75. The fraction of sp³-hybridized carbons (Fsp3) is 0.348. The molecule has 9 heteroatoms. The quantitative estimate of drug-likeness (QED) is 0.327. The van der Waals surface area contributed by atoms with Crippen LogP contribution in [0.3, 0.4) is 0 Å². The van der Waals surface area contributed by atoms with Gasteiger partial charge >= 0.3 is 0 Å². The Bertz CT molecular complexity index is 1250. The van der Waals surface area contributed by atoms with Gasteiger partial charge < -0.3 is 30.4 Å². The molecule has 1 atom stereocenters. The number of carbonyl (C=O) groups excluding carboxylic acids is 1. The van der Waals surface area contributed by atoms with Crippen molar-refractivity contribution in [2.75, 3.05) is 37.8 Å². The van der Waals surface area contributed by atoms with E-state index >= 15 is 0 Å². The fourth-order valence-electron chi connectivity index (χ4n) is 3.91. The molecule has 32 heavy (non-hydrogen) atoms. The molecule has 1 aliphatic rings. The molecule has 3 aromatic rings. The van der Waals surface area contributed by atoms with Crippen LogP contribution in [0.4, 0.5) is 17.1 Å². The summed E-state index contributed by atoms with van der Waals surface area (Å²) < 4.78 is 5.82. The number of phenolic OH excluding ortho intramolecular Hbond substituents is 1. The number of para-hydroxylation sites is 1. The van der Waals surface area contributed by atoms with Crippen LogP contribution in [-0.4, -0.2) is 43.1 Å². The lowest BCUT2D eigenvalue weighted by Gasteiger charge is -2.45. The molecule has 1 fully saturated rings. The molecule has 4 N–H and O–H groups in total. The second-order valence-electron chi connectivity index (χ2n) is 8.72. The van der Waals surface area contributed by atoms with E-state index in [9.17, 15) is 19.5 Å². The van der Waals surface area contributed by atoms with Gasteiger partial charge in [0, 0.05) is 32.6 Å². The molecule has 0 saturated carbocycles. The SMILES string of the molecule is Cc1ccc(C(Nc2c(Nc3cccc(C(=O)N(C)C)c3O)c(=O)c2=O)C2(C)CNC2)o1. The third-order valence-electron chi connectivity index (χ3n) is 5.93. The molecule has 1 unspecified atom stereocenters. The second kappa shape index (κ2) is 7.83. The predicted octanol–water partition coefficient (Wildman–Crippen LogP) is 2.10. The standard InChI is InChI=1S/C23H26N4O5/c1-12-8-9-15(32-12)21(23(2)10-24-11-23)26-17-16(19(29)20(17)30)25-14-7-5-6-13(18(14)28)22(31)27(3)4/h5-9,21,24-26,28H,10-11H2,1-4H3. The van der Waals surface area contributed by atoms with Crippen molar-refractivity contribution in [2.45, 2.75) is 19.9 Å². The minimum atomic E-state index is -0.692. The summed E-state index contributed by atoms with van der Waals surface area (Å²) in [6, 6.07) is 7.99. The Balaban J connectivity index is 1.66. The molecular formula is C23H26N4O5. The first kappa shape index (κ1) is 21.6. The summed E-state index contributed by atoms with van der Waals surface area (Å²) in [6.07, 6.45) is 0. The molecular weight excluding hydrogens is 412 g/mol. The Morgan fingerprint density at radius 2 is 1.84 bits per heavy atom. The van der Waals surface area contributed by atoms with Gasteiger partial charge in [-0.25, -0.2) is 0 Å². The highest BCUT2D eigenvalue weighted by Crippen LogP contribution is 2.41. The molecule has 0 bridgehead atoms. The number of amides is 1. The maximum absolute atomic E-state index is 12.4. The molecule has 1 aliphatic heterocycles. The normalized spacial score (nSPS) is 15.8.